The van der Waals surface area contributed by atoms with Crippen LogP contribution in [0, 0.1) is 11.2 Å². The van der Waals surface area contributed by atoms with E-state index in [4.69, 9.17) is 28.4 Å². The minimum Gasteiger partial charge on any atom is -0.493 e. The zero-order valence-electron chi connectivity index (χ0n) is 50.3. The summed E-state index contributed by atoms with van der Waals surface area (Å²) in [5, 5.41) is 0. The molecule has 84 heavy (non-hydrogen) atoms. The molecule has 3 heterocycles. The van der Waals surface area contributed by atoms with Gasteiger partial charge in [-0.05, 0) is 134 Å². The SMILES string of the molecule is COc1ccc(CC[C@H]2OC(=O)[C@@H]3CCCCN3C(=O)C(=O)C(C)(C)COC(=O)C=CCCN(C)C(=O)[C@@H]3CCCN3C(=O)[C@H](COC(C)(C)C)N(C)C(=O)[C@H](c3ccccc3)CC(=O)[C@H](C)N(C)C(=O)COc3cc(F)cc2c3)cc1OC. The summed E-state index contributed by atoms with van der Waals surface area (Å²) in [6, 6.07) is 13.1. The second kappa shape index (κ2) is 29.2. The molecule has 0 spiro atoms. The second-order valence-corrected chi connectivity index (χ2v) is 23.3. The van der Waals surface area contributed by atoms with Gasteiger partial charge in [0.15, 0.2) is 23.9 Å². The van der Waals surface area contributed by atoms with Crippen molar-refractivity contribution >= 4 is 53.0 Å². The molecule has 456 valence electrons. The molecule has 2 saturated heterocycles. The van der Waals surface area contributed by atoms with Crippen LogP contribution >= 0.6 is 0 Å². The van der Waals surface area contributed by atoms with Crippen molar-refractivity contribution < 1.29 is 76.0 Å². The fourth-order valence-corrected chi connectivity index (χ4v) is 10.4. The van der Waals surface area contributed by atoms with Crippen LogP contribution in [0.15, 0.2) is 78.9 Å². The van der Waals surface area contributed by atoms with Crippen LogP contribution in [0.25, 0.3) is 0 Å². The maximum absolute atomic E-state index is 15.8. The number of benzene rings is 3. The van der Waals surface area contributed by atoms with Crippen LogP contribution < -0.4 is 14.2 Å². The molecule has 3 aromatic rings. The Labute approximate surface area is 491 Å². The van der Waals surface area contributed by atoms with Crippen molar-refractivity contribution in [3.8, 4) is 17.2 Å². The Morgan fingerprint density at radius 2 is 1.42 bits per heavy atom. The molecular weight excluding hydrogens is 1090 g/mol. The third-order valence-electron chi connectivity index (χ3n) is 15.7. The van der Waals surface area contributed by atoms with Gasteiger partial charge in [-0.2, -0.15) is 0 Å². The Bertz CT molecular complexity index is 2910. The van der Waals surface area contributed by atoms with Crippen molar-refractivity contribution in [2.45, 2.75) is 141 Å². The van der Waals surface area contributed by atoms with E-state index in [1.54, 1.807) is 76.3 Å². The summed E-state index contributed by atoms with van der Waals surface area (Å²) in [5.74, 6) is -7.26. The Hall–Kier alpha value is -7.68. The summed E-state index contributed by atoms with van der Waals surface area (Å²) in [6.07, 6.45) is 3.67. The van der Waals surface area contributed by atoms with Crippen LogP contribution in [-0.4, -0.2) is 182 Å². The molecule has 20 nitrogen and oxygen atoms in total. The van der Waals surface area contributed by atoms with E-state index < -0.39 is 113 Å². The van der Waals surface area contributed by atoms with Gasteiger partial charge in [0.2, 0.25) is 23.5 Å². The molecule has 3 aromatic carbocycles. The van der Waals surface area contributed by atoms with Gasteiger partial charge < -0.3 is 52.9 Å². The van der Waals surface area contributed by atoms with E-state index in [-0.39, 0.29) is 75.6 Å². The van der Waals surface area contributed by atoms with Gasteiger partial charge in [0, 0.05) is 59.3 Å². The predicted molar refractivity (Wildman–Crippen MR) is 307 cm³/mol. The average molecular weight is 1170 g/mol. The number of aryl methyl sites for hydroxylation is 1. The summed E-state index contributed by atoms with van der Waals surface area (Å²) in [5.41, 5.74) is -0.897. The standard InChI is InChI=1S/C63H82FN5O15/c1-40-50(70)36-46(42-20-13-12-14-21-42)57(74)67(9)49(37-83-62(2,3)4)59(76)68-31-19-23-47(68)58(75)65(7)29-17-16-24-55(72)82-39-63(5,6)56(73)60(77)69-30-18-15-22-48(69)61(78)84-51(27-25-41-26-28-52(79-10)53(32-41)80-11)43-33-44(64)35-45(34-43)81-38-54(71)66(40)8/h12-14,16,20-21,24,26,28,32-35,40,46-49,51H,15,17-19,22-23,25,27,29-31,36-39H2,1-11H3/t40-,46-,47-,48-,49-,51+/m0/s1. The first-order chi connectivity index (χ1) is 39.7. The molecule has 0 unspecified atom stereocenters. The number of likely N-dealkylation sites (N-methyl/N-ethyl adjacent to an activating group) is 3. The first-order valence-electron chi connectivity index (χ1n) is 28.6. The van der Waals surface area contributed by atoms with Gasteiger partial charge in [0.05, 0.1) is 43.8 Å². The molecule has 0 radical (unpaired) electrons. The molecule has 3 aliphatic rings. The lowest BCUT2D eigenvalue weighted by atomic mass is 9.87. The van der Waals surface area contributed by atoms with Crippen LogP contribution in [0.2, 0.25) is 0 Å². The third-order valence-corrected chi connectivity index (χ3v) is 15.7. The Morgan fingerprint density at radius 3 is 2.11 bits per heavy atom. The zero-order chi connectivity index (χ0) is 61.6. The number of hydrogen-bond donors (Lipinski definition) is 0. The van der Waals surface area contributed by atoms with E-state index in [1.165, 1.54) is 80.8 Å². The van der Waals surface area contributed by atoms with E-state index in [9.17, 15) is 43.2 Å². The zero-order valence-corrected chi connectivity index (χ0v) is 50.3. The first-order valence-corrected chi connectivity index (χ1v) is 28.6. The van der Waals surface area contributed by atoms with Crippen molar-refractivity contribution in [2.24, 2.45) is 5.41 Å². The molecule has 6 atom stereocenters. The molecule has 0 aromatic heterocycles. The van der Waals surface area contributed by atoms with E-state index in [0.29, 0.717) is 42.7 Å². The number of carbonyl (C=O) groups is 9. The molecule has 21 heteroatoms. The smallest absolute Gasteiger partial charge is 0.330 e. The van der Waals surface area contributed by atoms with E-state index >= 15 is 4.39 Å². The van der Waals surface area contributed by atoms with Gasteiger partial charge in [-0.25, -0.2) is 14.0 Å². The third kappa shape index (κ3) is 17.0. The number of hydrogen-bond acceptors (Lipinski definition) is 15. The van der Waals surface area contributed by atoms with Gasteiger partial charge >= 0.3 is 11.9 Å². The molecule has 5 amide bonds. The second-order valence-electron chi connectivity index (χ2n) is 23.3. The molecule has 0 N–H and O–H groups in total. The quantitative estimate of drug-likeness (QED) is 0.171. The van der Waals surface area contributed by atoms with E-state index in [0.717, 1.165) is 28.7 Å². The summed E-state index contributed by atoms with van der Waals surface area (Å²) in [7, 11) is 7.43. The minimum atomic E-state index is -1.53. The van der Waals surface area contributed by atoms with Gasteiger partial charge in [0.25, 0.3) is 11.8 Å². The van der Waals surface area contributed by atoms with Crippen LogP contribution in [-0.2, 0) is 63.8 Å². The van der Waals surface area contributed by atoms with E-state index in [1.807, 2.05) is 0 Å². The number of cyclic esters (lactones) is 2. The molecular formula is C63H82FN5O15. The normalized spacial score (nSPS) is 23.8. The van der Waals surface area contributed by atoms with Crippen LogP contribution in [0.3, 0.4) is 0 Å². The van der Waals surface area contributed by atoms with Crippen LogP contribution in [0.5, 0.6) is 17.2 Å². The Balaban J connectivity index is 1.34. The number of esters is 2. The maximum atomic E-state index is 15.8. The lowest BCUT2D eigenvalue weighted by molar-refractivity contribution is -0.165. The number of amides is 5. The number of carbonyl (C=O) groups excluding carboxylic acids is 9. The van der Waals surface area contributed by atoms with Crippen molar-refractivity contribution in [1.82, 2.24) is 24.5 Å². The van der Waals surface area contributed by atoms with Crippen molar-refractivity contribution in [3.63, 3.8) is 0 Å². The van der Waals surface area contributed by atoms with Crippen LogP contribution in [0.1, 0.15) is 122 Å². The molecule has 0 aliphatic carbocycles. The number of nitrogens with zero attached hydrogens (tertiary/aromatic N) is 5. The summed E-state index contributed by atoms with van der Waals surface area (Å²) >= 11 is 0. The molecule has 6 rings (SSSR count). The molecule has 3 aliphatic heterocycles. The number of fused-ring (bicyclic) bond motifs is 4. The van der Waals surface area contributed by atoms with Crippen molar-refractivity contribution in [1.29, 1.82) is 0 Å². The van der Waals surface area contributed by atoms with Gasteiger partial charge in [-0.3, -0.25) is 33.6 Å². The first kappa shape index (κ1) is 65.5. The molecule has 0 saturated carbocycles. The van der Waals surface area contributed by atoms with Crippen molar-refractivity contribution in [2.75, 3.05) is 74.8 Å². The number of halogens is 1. The van der Waals surface area contributed by atoms with E-state index in [2.05, 4.69) is 0 Å². The lowest BCUT2D eigenvalue weighted by Crippen LogP contribution is -2.56. The number of Topliss-reactive ketones (excluding diaryl/α,β-unsaturated/α-hetero) is 2. The summed E-state index contributed by atoms with van der Waals surface area (Å²) in [4.78, 5) is 134. The summed E-state index contributed by atoms with van der Waals surface area (Å²) < 4.78 is 50.5. The average Bonchev–Trinajstić information content (AvgIpc) is 3.27. The highest BCUT2D eigenvalue weighted by Gasteiger charge is 2.45. The summed E-state index contributed by atoms with van der Waals surface area (Å²) in [6.45, 7) is 8.87. The number of methoxy groups -OCH3 is 2. The highest BCUT2D eigenvalue weighted by Crippen LogP contribution is 2.34. The molecule has 2 fully saturated rings. The van der Waals surface area contributed by atoms with Gasteiger partial charge in [-0.15, -0.1) is 0 Å². The van der Waals surface area contributed by atoms with Gasteiger partial charge in [0.1, 0.15) is 42.4 Å². The van der Waals surface area contributed by atoms with Crippen molar-refractivity contribution in [3.05, 3.63) is 101 Å². The topological polar surface area (TPSA) is 225 Å². The minimum absolute atomic E-state index is 0.0476. The fourth-order valence-electron chi connectivity index (χ4n) is 10.4. The van der Waals surface area contributed by atoms with Crippen LogP contribution in [0.4, 0.5) is 4.39 Å². The number of piperidine rings is 1. The fraction of sp³-hybridized carbons (Fsp3) is 0.540. The maximum Gasteiger partial charge on any atom is 0.330 e. The largest absolute Gasteiger partial charge is 0.493 e. The van der Waals surface area contributed by atoms with Gasteiger partial charge in [-0.1, -0.05) is 42.5 Å². The number of ether oxygens (including phenoxy) is 6. The molecule has 2 bridgehead atoms. The number of rotatable bonds is 8. The highest BCUT2D eigenvalue weighted by molar-refractivity contribution is 6.38. The lowest BCUT2D eigenvalue weighted by Gasteiger charge is -2.36. The predicted octanol–water partition coefficient (Wildman–Crippen LogP) is 6.60. The Morgan fingerprint density at radius 1 is 0.726 bits per heavy atom. The highest BCUT2D eigenvalue weighted by atomic mass is 19.1. The Kier molecular flexibility index (Phi) is 22.8. The monoisotopic (exact) mass is 1170 g/mol. The number of ketones is 2.